The van der Waals surface area contributed by atoms with E-state index in [4.69, 9.17) is 0 Å². The van der Waals surface area contributed by atoms with Crippen LogP contribution in [-0.2, 0) is 6.54 Å². The number of fused-ring (bicyclic) bond motifs is 1. The number of hydrogen-bond donors (Lipinski definition) is 2. The number of amides is 1. The molecular formula is C15H12IN3O. The fraction of sp³-hybridized carbons (Fsp3) is 0.0667. The van der Waals surface area contributed by atoms with Crippen LogP contribution < -0.4 is 5.32 Å². The molecule has 0 bridgehead atoms. The summed E-state index contributed by atoms with van der Waals surface area (Å²) in [6, 6.07) is 15.3. The molecule has 0 atom stereocenters. The van der Waals surface area contributed by atoms with E-state index in [9.17, 15) is 4.79 Å². The van der Waals surface area contributed by atoms with E-state index in [1.54, 1.807) is 6.07 Å². The summed E-state index contributed by atoms with van der Waals surface area (Å²) in [5.74, 6) is 0.661. The Morgan fingerprint density at radius 2 is 2.05 bits per heavy atom. The van der Waals surface area contributed by atoms with Crippen molar-refractivity contribution in [3.8, 4) is 0 Å². The normalized spacial score (nSPS) is 10.7. The molecule has 3 rings (SSSR count). The smallest absolute Gasteiger partial charge is 0.251 e. The molecule has 20 heavy (non-hydrogen) atoms. The minimum atomic E-state index is -0.0935. The van der Waals surface area contributed by atoms with Crippen LogP contribution in [0.3, 0.4) is 0 Å². The number of rotatable bonds is 3. The van der Waals surface area contributed by atoms with Gasteiger partial charge in [0.2, 0.25) is 0 Å². The molecule has 1 amide bonds. The molecule has 0 aliphatic rings. The van der Waals surface area contributed by atoms with Crippen molar-refractivity contribution in [2.45, 2.75) is 6.54 Å². The number of aromatic nitrogens is 2. The molecule has 0 aliphatic heterocycles. The van der Waals surface area contributed by atoms with E-state index in [0.29, 0.717) is 12.1 Å². The SMILES string of the molecule is O=C(NCc1nc2ccccc2[nH]1)c1cccc(I)c1. The van der Waals surface area contributed by atoms with E-state index >= 15 is 0 Å². The number of H-pyrrole nitrogens is 1. The molecule has 0 saturated heterocycles. The quantitative estimate of drug-likeness (QED) is 0.690. The third-order valence-electron chi connectivity index (χ3n) is 2.94. The Morgan fingerprint density at radius 3 is 2.85 bits per heavy atom. The molecular weight excluding hydrogens is 365 g/mol. The van der Waals surface area contributed by atoms with Crippen LogP contribution in [0.2, 0.25) is 0 Å². The van der Waals surface area contributed by atoms with Gasteiger partial charge in [-0.3, -0.25) is 4.79 Å². The van der Waals surface area contributed by atoms with Crippen molar-refractivity contribution in [1.82, 2.24) is 15.3 Å². The van der Waals surface area contributed by atoms with Gasteiger partial charge in [0.1, 0.15) is 5.82 Å². The van der Waals surface area contributed by atoms with Gasteiger partial charge in [0, 0.05) is 9.13 Å². The number of benzene rings is 2. The fourth-order valence-corrected chi connectivity index (χ4v) is 2.53. The highest BCUT2D eigenvalue weighted by molar-refractivity contribution is 14.1. The zero-order valence-corrected chi connectivity index (χ0v) is 12.7. The van der Waals surface area contributed by atoms with Gasteiger partial charge in [0.05, 0.1) is 17.6 Å². The lowest BCUT2D eigenvalue weighted by Gasteiger charge is -2.03. The molecule has 0 unspecified atom stereocenters. The zero-order chi connectivity index (χ0) is 13.9. The first-order valence-electron chi connectivity index (χ1n) is 6.20. The van der Waals surface area contributed by atoms with Crippen LogP contribution in [0.15, 0.2) is 48.5 Å². The first-order chi connectivity index (χ1) is 9.72. The molecule has 0 aliphatic carbocycles. The highest BCUT2D eigenvalue weighted by Gasteiger charge is 2.07. The van der Waals surface area contributed by atoms with Crippen LogP contribution in [-0.4, -0.2) is 15.9 Å². The number of aromatic amines is 1. The molecule has 0 spiro atoms. The number of carbonyl (C=O) groups is 1. The van der Waals surface area contributed by atoms with Gasteiger partial charge >= 0.3 is 0 Å². The first kappa shape index (κ1) is 13.1. The van der Waals surface area contributed by atoms with Crippen molar-refractivity contribution in [2.75, 3.05) is 0 Å². The summed E-state index contributed by atoms with van der Waals surface area (Å²) in [4.78, 5) is 19.6. The van der Waals surface area contributed by atoms with E-state index < -0.39 is 0 Å². The zero-order valence-electron chi connectivity index (χ0n) is 10.6. The molecule has 1 aromatic heterocycles. The Morgan fingerprint density at radius 1 is 1.20 bits per heavy atom. The van der Waals surface area contributed by atoms with Gasteiger partial charge in [-0.05, 0) is 52.9 Å². The van der Waals surface area contributed by atoms with E-state index in [1.807, 2.05) is 42.5 Å². The average molecular weight is 377 g/mol. The Bertz CT molecular complexity index is 733. The summed E-state index contributed by atoms with van der Waals surface area (Å²) in [6.45, 7) is 0.388. The second-order valence-corrected chi connectivity index (χ2v) is 5.64. The molecule has 3 aromatic rings. The summed E-state index contributed by atoms with van der Waals surface area (Å²) < 4.78 is 1.04. The lowest BCUT2D eigenvalue weighted by Crippen LogP contribution is -2.23. The van der Waals surface area contributed by atoms with Gasteiger partial charge in [-0.15, -0.1) is 0 Å². The number of para-hydroxylation sites is 2. The fourth-order valence-electron chi connectivity index (χ4n) is 1.99. The number of nitrogens with zero attached hydrogens (tertiary/aromatic N) is 1. The van der Waals surface area contributed by atoms with E-state index in [-0.39, 0.29) is 5.91 Å². The largest absolute Gasteiger partial charge is 0.345 e. The third kappa shape index (κ3) is 2.82. The molecule has 4 nitrogen and oxygen atoms in total. The minimum absolute atomic E-state index is 0.0935. The predicted octanol–water partition coefficient (Wildman–Crippen LogP) is 3.10. The maximum Gasteiger partial charge on any atom is 0.251 e. The Hall–Kier alpha value is -1.89. The Kier molecular flexibility index (Phi) is 3.68. The van der Waals surface area contributed by atoms with Crippen molar-refractivity contribution in [2.24, 2.45) is 0 Å². The summed E-state index contributed by atoms with van der Waals surface area (Å²) >= 11 is 2.19. The van der Waals surface area contributed by atoms with Gasteiger partial charge in [-0.1, -0.05) is 18.2 Å². The van der Waals surface area contributed by atoms with Crippen molar-refractivity contribution >= 4 is 39.5 Å². The van der Waals surface area contributed by atoms with Gasteiger partial charge in [0.15, 0.2) is 0 Å². The molecule has 100 valence electrons. The molecule has 0 radical (unpaired) electrons. The highest BCUT2D eigenvalue weighted by Crippen LogP contribution is 2.11. The van der Waals surface area contributed by atoms with Crippen LogP contribution in [0.4, 0.5) is 0 Å². The molecule has 1 heterocycles. The summed E-state index contributed by atoms with van der Waals surface area (Å²) in [5.41, 5.74) is 2.55. The van der Waals surface area contributed by atoms with Crippen molar-refractivity contribution < 1.29 is 4.79 Å². The van der Waals surface area contributed by atoms with Gasteiger partial charge < -0.3 is 10.3 Å². The Labute approximate surface area is 129 Å². The lowest BCUT2D eigenvalue weighted by atomic mass is 10.2. The van der Waals surface area contributed by atoms with Crippen molar-refractivity contribution in [1.29, 1.82) is 0 Å². The predicted molar refractivity (Wildman–Crippen MR) is 86.4 cm³/mol. The van der Waals surface area contributed by atoms with Crippen LogP contribution in [0.5, 0.6) is 0 Å². The van der Waals surface area contributed by atoms with E-state index in [0.717, 1.165) is 20.4 Å². The van der Waals surface area contributed by atoms with Gasteiger partial charge in [-0.25, -0.2) is 4.98 Å². The van der Waals surface area contributed by atoms with Crippen molar-refractivity contribution in [3.63, 3.8) is 0 Å². The van der Waals surface area contributed by atoms with Crippen LogP contribution in [0.25, 0.3) is 11.0 Å². The number of carbonyl (C=O) groups excluding carboxylic acids is 1. The minimum Gasteiger partial charge on any atom is -0.345 e. The number of hydrogen-bond acceptors (Lipinski definition) is 2. The standard InChI is InChI=1S/C15H12IN3O/c16-11-5-3-4-10(8-11)15(20)17-9-14-18-12-6-1-2-7-13(12)19-14/h1-8H,9H2,(H,17,20)(H,18,19). The van der Waals surface area contributed by atoms with Crippen LogP contribution in [0, 0.1) is 3.57 Å². The molecule has 0 fully saturated rings. The topological polar surface area (TPSA) is 57.8 Å². The summed E-state index contributed by atoms with van der Waals surface area (Å²) in [7, 11) is 0. The highest BCUT2D eigenvalue weighted by atomic mass is 127. The number of nitrogens with one attached hydrogen (secondary N) is 2. The second-order valence-electron chi connectivity index (χ2n) is 4.39. The number of imidazole rings is 1. The maximum atomic E-state index is 12.0. The van der Waals surface area contributed by atoms with E-state index in [1.165, 1.54) is 0 Å². The second kappa shape index (κ2) is 5.62. The molecule has 2 N–H and O–H groups in total. The van der Waals surface area contributed by atoms with Crippen molar-refractivity contribution in [3.05, 3.63) is 63.5 Å². The Balaban J connectivity index is 1.71. The summed E-state index contributed by atoms with van der Waals surface area (Å²) in [5, 5.41) is 2.87. The van der Waals surface area contributed by atoms with Crippen LogP contribution in [0.1, 0.15) is 16.2 Å². The molecule has 0 saturated carbocycles. The van der Waals surface area contributed by atoms with Gasteiger partial charge in [0.25, 0.3) is 5.91 Å². The molecule has 2 aromatic carbocycles. The third-order valence-corrected chi connectivity index (χ3v) is 3.61. The lowest BCUT2D eigenvalue weighted by molar-refractivity contribution is 0.0950. The van der Waals surface area contributed by atoms with Crippen LogP contribution >= 0.6 is 22.6 Å². The average Bonchev–Trinajstić information content (AvgIpc) is 2.87. The molecule has 5 heteroatoms. The number of halogens is 1. The maximum absolute atomic E-state index is 12.0. The summed E-state index contributed by atoms with van der Waals surface area (Å²) in [6.07, 6.45) is 0. The van der Waals surface area contributed by atoms with Gasteiger partial charge in [-0.2, -0.15) is 0 Å². The monoisotopic (exact) mass is 377 g/mol. The first-order valence-corrected chi connectivity index (χ1v) is 7.27. The van der Waals surface area contributed by atoms with E-state index in [2.05, 4.69) is 37.9 Å².